The number of hydrogen-bond donors (Lipinski definition) is 3. The van der Waals surface area contributed by atoms with Crippen molar-refractivity contribution in [2.24, 2.45) is 11.8 Å². The Morgan fingerprint density at radius 1 is 0.741 bits per heavy atom. The summed E-state index contributed by atoms with van der Waals surface area (Å²) in [6.45, 7) is 12.0. The molecule has 0 aliphatic carbocycles. The number of nitrogens with one attached hydrogen (secondary N) is 2. The zero-order valence-electron chi connectivity index (χ0n) is 17.4. The van der Waals surface area contributed by atoms with Crippen LogP contribution in [0.4, 0.5) is 0 Å². The Morgan fingerprint density at radius 3 is 1.33 bits per heavy atom. The Labute approximate surface area is 162 Å². The van der Waals surface area contributed by atoms with Gasteiger partial charge in [-0.1, -0.05) is 0 Å². The number of aliphatic hydroxyl groups is 1. The second-order valence-corrected chi connectivity index (χ2v) is 9.11. The molecule has 27 heavy (non-hydrogen) atoms. The molecule has 0 spiro atoms. The molecule has 0 aromatic rings. The fourth-order valence-electron chi connectivity index (χ4n) is 3.96. The Bertz CT molecular complexity index is 486. The third kappa shape index (κ3) is 5.42. The van der Waals surface area contributed by atoms with Gasteiger partial charge in [-0.05, 0) is 86.5 Å². The molecule has 0 amide bonds. The Balaban J connectivity index is 1.99. The maximum atomic E-state index is 12.6. The Kier molecular flexibility index (Phi) is 6.92. The molecule has 2 rings (SSSR count). The quantitative estimate of drug-likeness (QED) is 0.470. The zero-order valence-corrected chi connectivity index (χ0v) is 17.4. The molecule has 2 saturated heterocycles. The van der Waals surface area contributed by atoms with E-state index in [9.17, 15) is 14.7 Å². The van der Waals surface area contributed by atoms with Crippen molar-refractivity contribution in [3.63, 3.8) is 0 Å². The summed E-state index contributed by atoms with van der Waals surface area (Å²) in [5.74, 6) is -1.53. The maximum absolute atomic E-state index is 12.6. The summed E-state index contributed by atoms with van der Waals surface area (Å²) in [6, 6.07) is 0. The van der Waals surface area contributed by atoms with Crippen molar-refractivity contribution < 1.29 is 24.2 Å². The predicted molar refractivity (Wildman–Crippen MR) is 102 cm³/mol. The van der Waals surface area contributed by atoms with Gasteiger partial charge < -0.3 is 25.2 Å². The van der Waals surface area contributed by atoms with E-state index >= 15 is 0 Å². The second kappa shape index (κ2) is 8.45. The fraction of sp³-hybridized carbons (Fsp3) is 0.900. The van der Waals surface area contributed by atoms with E-state index in [2.05, 4.69) is 10.6 Å². The Morgan fingerprint density at radius 2 is 1.04 bits per heavy atom. The van der Waals surface area contributed by atoms with Crippen molar-refractivity contribution in [1.29, 1.82) is 0 Å². The van der Waals surface area contributed by atoms with Gasteiger partial charge in [0.15, 0.2) is 0 Å². The average molecular weight is 385 g/mol. The monoisotopic (exact) mass is 384 g/mol. The maximum Gasteiger partial charge on any atom is 0.350 e. The van der Waals surface area contributed by atoms with Gasteiger partial charge in [-0.25, -0.2) is 9.59 Å². The van der Waals surface area contributed by atoms with E-state index in [1.54, 1.807) is 0 Å². The van der Waals surface area contributed by atoms with Crippen molar-refractivity contribution in [2.75, 3.05) is 26.2 Å². The van der Waals surface area contributed by atoms with E-state index in [-0.39, 0.29) is 11.8 Å². The van der Waals surface area contributed by atoms with Crippen LogP contribution >= 0.6 is 0 Å². The van der Waals surface area contributed by atoms with Crippen molar-refractivity contribution in [3.05, 3.63) is 0 Å². The molecule has 0 aromatic heterocycles. The molecule has 2 aliphatic rings. The highest BCUT2D eigenvalue weighted by Crippen LogP contribution is 2.33. The van der Waals surface area contributed by atoms with Gasteiger partial charge in [0.05, 0.1) is 0 Å². The zero-order chi connectivity index (χ0) is 20.3. The van der Waals surface area contributed by atoms with E-state index < -0.39 is 28.7 Å². The summed E-state index contributed by atoms with van der Waals surface area (Å²) < 4.78 is 11.2. The lowest BCUT2D eigenvalue weighted by Crippen LogP contribution is -2.54. The van der Waals surface area contributed by atoms with Crippen molar-refractivity contribution in [3.8, 4) is 0 Å². The normalized spacial score (nSPS) is 21.0. The van der Waals surface area contributed by atoms with Gasteiger partial charge >= 0.3 is 11.9 Å². The van der Waals surface area contributed by atoms with Crippen LogP contribution in [0.1, 0.15) is 60.3 Å². The van der Waals surface area contributed by atoms with E-state index in [1.807, 2.05) is 27.7 Å². The van der Waals surface area contributed by atoms with Crippen molar-refractivity contribution in [2.45, 2.75) is 77.1 Å². The van der Waals surface area contributed by atoms with Crippen LogP contribution in [0.25, 0.3) is 0 Å². The van der Waals surface area contributed by atoms with Crippen LogP contribution in [0.2, 0.25) is 0 Å². The van der Waals surface area contributed by atoms with Gasteiger partial charge in [0, 0.05) is 11.8 Å². The molecule has 3 N–H and O–H groups in total. The molecule has 2 heterocycles. The summed E-state index contributed by atoms with van der Waals surface area (Å²) in [6.07, 6.45) is 3.54. The summed E-state index contributed by atoms with van der Waals surface area (Å²) in [7, 11) is 0. The number of carbonyl (C=O) groups excluding carboxylic acids is 2. The molecule has 2 aliphatic heterocycles. The van der Waals surface area contributed by atoms with Crippen LogP contribution in [0, 0.1) is 11.8 Å². The number of carbonyl (C=O) groups is 2. The molecular weight excluding hydrogens is 348 g/mol. The standard InChI is InChI=1S/C20H36N2O5/c1-18(2,14-6-10-21-11-7-14)26-16(23)20(5,25)17(24)27-19(3,4)15-8-12-22-13-9-15/h14-15,21-22,25H,6-13H2,1-5H3. The smallest absolute Gasteiger partial charge is 0.350 e. The first-order chi connectivity index (χ1) is 12.5. The molecule has 0 aromatic carbocycles. The lowest BCUT2D eigenvalue weighted by atomic mass is 9.83. The number of hydrogen-bond acceptors (Lipinski definition) is 7. The first kappa shape index (κ1) is 22.1. The van der Waals surface area contributed by atoms with Crippen LogP contribution in [-0.2, 0) is 19.1 Å². The largest absolute Gasteiger partial charge is 0.457 e. The SMILES string of the molecule is CC(O)(C(=O)OC(C)(C)C1CCNCC1)C(=O)OC(C)(C)C1CCNCC1. The van der Waals surface area contributed by atoms with Crippen molar-refractivity contribution >= 4 is 11.9 Å². The molecular formula is C20H36N2O5. The van der Waals surface area contributed by atoms with Gasteiger partial charge in [-0.15, -0.1) is 0 Å². The van der Waals surface area contributed by atoms with Crippen LogP contribution in [0.15, 0.2) is 0 Å². The van der Waals surface area contributed by atoms with Gasteiger partial charge in [0.25, 0.3) is 5.60 Å². The van der Waals surface area contributed by atoms with Crippen LogP contribution in [0.3, 0.4) is 0 Å². The molecule has 0 radical (unpaired) electrons. The molecule has 0 unspecified atom stereocenters. The molecule has 7 nitrogen and oxygen atoms in total. The average Bonchev–Trinajstić information content (AvgIpc) is 2.62. The minimum Gasteiger partial charge on any atom is -0.457 e. The fourth-order valence-corrected chi connectivity index (χ4v) is 3.96. The first-order valence-corrected chi connectivity index (χ1v) is 10.1. The number of piperidine rings is 2. The molecule has 0 atom stereocenters. The Hall–Kier alpha value is -1.18. The number of esters is 2. The molecule has 2 fully saturated rings. The summed E-state index contributed by atoms with van der Waals surface area (Å²) in [4.78, 5) is 25.3. The predicted octanol–water partition coefficient (Wildman–Crippen LogP) is 1.38. The van der Waals surface area contributed by atoms with Crippen LogP contribution in [0.5, 0.6) is 0 Å². The molecule has 156 valence electrons. The van der Waals surface area contributed by atoms with E-state index in [0.29, 0.717) is 0 Å². The van der Waals surface area contributed by atoms with Crippen LogP contribution < -0.4 is 10.6 Å². The number of ether oxygens (including phenoxy) is 2. The van der Waals surface area contributed by atoms with Gasteiger partial charge in [-0.2, -0.15) is 0 Å². The van der Waals surface area contributed by atoms with E-state index in [4.69, 9.17) is 9.47 Å². The lowest BCUT2D eigenvalue weighted by Gasteiger charge is -2.40. The first-order valence-electron chi connectivity index (χ1n) is 10.1. The lowest BCUT2D eigenvalue weighted by molar-refractivity contribution is -0.202. The third-order valence-corrected chi connectivity index (χ3v) is 6.15. The summed E-state index contributed by atoms with van der Waals surface area (Å²) >= 11 is 0. The highest BCUT2D eigenvalue weighted by molar-refractivity contribution is 6.03. The number of rotatable bonds is 6. The van der Waals surface area contributed by atoms with Gasteiger partial charge in [0.2, 0.25) is 0 Å². The topological polar surface area (TPSA) is 96.9 Å². The minimum atomic E-state index is -2.33. The molecule has 7 heteroatoms. The van der Waals surface area contributed by atoms with Gasteiger partial charge in [0.1, 0.15) is 11.2 Å². The minimum absolute atomic E-state index is 0.181. The highest BCUT2D eigenvalue weighted by atomic mass is 16.6. The molecule has 0 bridgehead atoms. The summed E-state index contributed by atoms with van der Waals surface area (Å²) in [5.41, 5.74) is -3.84. The van der Waals surface area contributed by atoms with E-state index in [1.165, 1.54) is 0 Å². The van der Waals surface area contributed by atoms with Crippen molar-refractivity contribution in [1.82, 2.24) is 10.6 Å². The second-order valence-electron chi connectivity index (χ2n) is 9.11. The van der Waals surface area contributed by atoms with Gasteiger partial charge in [-0.3, -0.25) is 0 Å². The third-order valence-electron chi connectivity index (χ3n) is 6.15. The van der Waals surface area contributed by atoms with E-state index in [0.717, 1.165) is 58.8 Å². The highest BCUT2D eigenvalue weighted by Gasteiger charge is 2.48. The summed E-state index contributed by atoms with van der Waals surface area (Å²) in [5, 5.41) is 17.2. The van der Waals surface area contributed by atoms with Crippen LogP contribution in [-0.4, -0.2) is 60.0 Å². The molecule has 0 saturated carbocycles.